The number of carboxylic acid groups (broad SMARTS) is 1. The quantitative estimate of drug-likeness (QED) is 0.884. The first-order valence-electron chi connectivity index (χ1n) is 7.00. The van der Waals surface area contributed by atoms with Crippen LogP contribution in [0.2, 0.25) is 0 Å². The minimum absolute atomic E-state index is 0.0207. The number of fused-ring (bicyclic) bond motifs is 1. The molecule has 108 valence electrons. The Morgan fingerprint density at radius 1 is 1.38 bits per heavy atom. The summed E-state index contributed by atoms with van der Waals surface area (Å²) in [4.78, 5) is 15.3. The van der Waals surface area contributed by atoms with Crippen LogP contribution in [0.1, 0.15) is 41.4 Å². The summed E-state index contributed by atoms with van der Waals surface area (Å²) < 4.78 is 0. The highest BCUT2D eigenvalue weighted by Gasteiger charge is 2.36. The predicted octanol–water partition coefficient (Wildman–Crippen LogP) is 3.52. The third-order valence-corrected chi connectivity index (χ3v) is 4.10. The van der Waals surface area contributed by atoms with Gasteiger partial charge in [-0.25, -0.2) is 4.79 Å². The van der Waals surface area contributed by atoms with Crippen LogP contribution in [-0.4, -0.2) is 16.1 Å². The molecule has 1 aromatic carbocycles. The van der Waals surface area contributed by atoms with Gasteiger partial charge in [0.2, 0.25) is 0 Å². The normalized spacial score (nSPS) is 19.4. The van der Waals surface area contributed by atoms with Crippen LogP contribution in [-0.2, 0) is 6.42 Å². The highest BCUT2D eigenvalue weighted by molar-refractivity contribution is 5.88. The number of nitrogens with one attached hydrogen (secondary N) is 1. The lowest BCUT2D eigenvalue weighted by Crippen LogP contribution is -2.35. The Balaban J connectivity index is 2.00. The molecule has 0 amide bonds. The third-order valence-electron chi connectivity index (χ3n) is 4.10. The maximum Gasteiger partial charge on any atom is 0.335 e. The van der Waals surface area contributed by atoms with E-state index in [0.29, 0.717) is 5.56 Å². The first-order chi connectivity index (χ1) is 9.97. The molecule has 2 N–H and O–H groups in total. The van der Waals surface area contributed by atoms with Gasteiger partial charge in [-0.1, -0.05) is 19.9 Å². The molecule has 4 heteroatoms. The molecule has 0 fully saturated rings. The Morgan fingerprint density at radius 2 is 2.19 bits per heavy atom. The molecule has 2 heterocycles. The standard InChI is InChI=1S/C17H18N2O2/c1-17(2)9-13-8-11(16(20)21)5-6-14(13)19-15(17)12-4-3-7-18-10-12/h3-8,10,15,19H,9H2,1-2H3,(H,20,21). The number of anilines is 1. The van der Waals surface area contributed by atoms with Crippen LogP contribution in [0, 0.1) is 5.41 Å². The lowest BCUT2D eigenvalue weighted by molar-refractivity contribution is 0.0696. The maximum atomic E-state index is 11.1. The summed E-state index contributed by atoms with van der Waals surface area (Å²) in [5, 5.41) is 12.7. The number of pyridine rings is 1. The number of rotatable bonds is 2. The van der Waals surface area contributed by atoms with Crippen molar-refractivity contribution < 1.29 is 9.90 Å². The van der Waals surface area contributed by atoms with E-state index in [1.807, 2.05) is 18.3 Å². The van der Waals surface area contributed by atoms with Crippen LogP contribution in [0.5, 0.6) is 0 Å². The van der Waals surface area contributed by atoms with E-state index in [1.54, 1.807) is 18.3 Å². The van der Waals surface area contributed by atoms with Crippen molar-refractivity contribution in [1.29, 1.82) is 0 Å². The molecule has 4 nitrogen and oxygen atoms in total. The summed E-state index contributed by atoms with van der Waals surface area (Å²) in [7, 11) is 0. The van der Waals surface area contributed by atoms with Gasteiger partial charge in [-0.2, -0.15) is 0 Å². The lowest BCUT2D eigenvalue weighted by Gasteiger charge is -2.41. The zero-order valence-corrected chi connectivity index (χ0v) is 12.1. The van der Waals surface area contributed by atoms with E-state index in [2.05, 4.69) is 30.2 Å². The zero-order chi connectivity index (χ0) is 15.0. The number of aromatic carboxylic acids is 1. The van der Waals surface area contributed by atoms with Crippen molar-refractivity contribution in [2.75, 3.05) is 5.32 Å². The fraction of sp³-hybridized carbons (Fsp3) is 0.294. The van der Waals surface area contributed by atoms with Gasteiger partial charge >= 0.3 is 5.97 Å². The van der Waals surface area contributed by atoms with Gasteiger partial charge in [0.15, 0.2) is 0 Å². The maximum absolute atomic E-state index is 11.1. The second kappa shape index (κ2) is 4.88. The van der Waals surface area contributed by atoms with Crippen LogP contribution >= 0.6 is 0 Å². The zero-order valence-electron chi connectivity index (χ0n) is 12.1. The van der Waals surface area contributed by atoms with Crippen LogP contribution in [0.25, 0.3) is 0 Å². The minimum atomic E-state index is -0.884. The van der Waals surface area contributed by atoms with Gasteiger partial charge in [0, 0.05) is 18.1 Å². The van der Waals surface area contributed by atoms with E-state index in [4.69, 9.17) is 5.11 Å². The molecule has 1 aromatic heterocycles. The second-order valence-corrected chi connectivity index (χ2v) is 6.21. The summed E-state index contributed by atoms with van der Waals surface area (Å²) in [5.41, 5.74) is 3.53. The van der Waals surface area contributed by atoms with Crippen LogP contribution < -0.4 is 5.32 Å². The number of carbonyl (C=O) groups is 1. The Morgan fingerprint density at radius 3 is 2.86 bits per heavy atom. The highest BCUT2D eigenvalue weighted by Crippen LogP contribution is 2.44. The third kappa shape index (κ3) is 2.49. The molecule has 0 bridgehead atoms. The molecule has 1 unspecified atom stereocenters. The first-order valence-corrected chi connectivity index (χ1v) is 7.00. The summed E-state index contributed by atoms with van der Waals surface area (Å²) >= 11 is 0. The Labute approximate surface area is 123 Å². The molecule has 1 aliphatic rings. The second-order valence-electron chi connectivity index (χ2n) is 6.21. The number of aromatic nitrogens is 1. The van der Waals surface area contributed by atoms with Crippen molar-refractivity contribution in [3.63, 3.8) is 0 Å². The monoisotopic (exact) mass is 282 g/mol. The summed E-state index contributed by atoms with van der Waals surface area (Å²) in [5.74, 6) is -0.884. The largest absolute Gasteiger partial charge is 0.478 e. The Hall–Kier alpha value is -2.36. The topological polar surface area (TPSA) is 62.2 Å². The van der Waals surface area contributed by atoms with Crippen molar-refractivity contribution in [3.05, 3.63) is 59.4 Å². The van der Waals surface area contributed by atoms with E-state index in [9.17, 15) is 4.79 Å². The molecule has 0 aliphatic carbocycles. The average molecular weight is 282 g/mol. The molecule has 2 aromatic rings. The van der Waals surface area contributed by atoms with Gasteiger partial charge in [-0.3, -0.25) is 4.98 Å². The number of benzene rings is 1. The molecule has 1 atom stereocenters. The Kier molecular flexibility index (Phi) is 3.16. The van der Waals surface area contributed by atoms with Crippen LogP contribution in [0.4, 0.5) is 5.69 Å². The van der Waals surface area contributed by atoms with Crippen LogP contribution in [0.3, 0.4) is 0 Å². The first kappa shape index (κ1) is 13.6. The van der Waals surface area contributed by atoms with E-state index in [0.717, 1.165) is 23.2 Å². The number of hydrogen-bond donors (Lipinski definition) is 2. The van der Waals surface area contributed by atoms with Gasteiger partial charge in [-0.05, 0) is 47.2 Å². The van der Waals surface area contributed by atoms with Gasteiger partial charge in [0.1, 0.15) is 0 Å². The lowest BCUT2D eigenvalue weighted by atomic mass is 9.73. The molecule has 3 rings (SSSR count). The smallest absolute Gasteiger partial charge is 0.335 e. The summed E-state index contributed by atoms with van der Waals surface area (Å²) in [6.45, 7) is 4.38. The summed E-state index contributed by atoms with van der Waals surface area (Å²) in [6, 6.07) is 9.45. The molecular formula is C17H18N2O2. The highest BCUT2D eigenvalue weighted by atomic mass is 16.4. The van der Waals surface area contributed by atoms with Gasteiger partial charge in [-0.15, -0.1) is 0 Å². The molecule has 0 saturated heterocycles. The van der Waals surface area contributed by atoms with Crippen molar-refractivity contribution in [2.24, 2.45) is 5.41 Å². The van der Waals surface area contributed by atoms with Crippen molar-refractivity contribution in [3.8, 4) is 0 Å². The number of nitrogens with zero attached hydrogens (tertiary/aromatic N) is 1. The molecule has 21 heavy (non-hydrogen) atoms. The fourth-order valence-electron chi connectivity index (χ4n) is 3.04. The van der Waals surface area contributed by atoms with Crippen molar-refractivity contribution >= 4 is 11.7 Å². The number of hydrogen-bond acceptors (Lipinski definition) is 3. The average Bonchev–Trinajstić information content (AvgIpc) is 2.45. The van der Waals surface area contributed by atoms with E-state index >= 15 is 0 Å². The van der Waals surface area contributed by atoms with E-state index in [-0.39, 0.29) is 11.5 Å². The molecule has 0 saturated carbocycles. The molecule has 0 radical (unpaired) electrons. The molecule has 0 spiro atoms. The predicted molar refractivity (Wildman–Crippen MR) is 81.5 cm³/mol. The summed E-state index contributed by atoms with van der Waals surface area (Å²) in [6.07, 6.45) is 4.48. The SMILES string of the molecule is CC1(C)Cc2cc(C(=O)O)ccc2NC1c1cccnc1. The fourth-order valence-corrected chi connectivity index (χ4v) is 3.04. The van der Waals surface area contributed by atoms with Gasteiger partial charge in [0.05, 0.1) is 11.6 Å². The molecule has 1 aliphatic heterocycles. The molecular weight excluding hydrogens is 264 g/mol. The van der Waals surface area contributed by atoms with Crippen LogP contribution in [0.15, 0.2) is 42.7 Å². The number of carboxylic acids is 1. The van der Waals surface area contributed by atoms with E-state index < -0.39 is 5.97 Å². The Bertz CT molecular complexity index is 680. The van der Waals surface area contributed by atoms with Gasteiger partial charge < -0.3 is 10.4 Å². The van der Waals surface area contributed by atoms with E-state index in [1.165, 1.54) is 0 Å². The van der Waals surface area contributed by atoms with Crippen molar-refractivity contribution in [1.82, 2.24) is 4.98 Å². The minimum Gasteiger partial charge on any atom is -0.478 e. The van der Waals surface area contributed by atoms with Crippen molar-refractivity contribution in [2.45, 2.75) is 26.3 Å². The van der Waals surface area contributed by atoms with Gasteiger partial charge in [0.25, 0.3) is 0 Å².